The van der Waals surface area contributed by atoms with Gasteiger partial charge in [0.2, 0.25) is 0 Å². The van der Waals surface area contributed by atoms with Crippen LogP contribution in [0.2, 0.25) is 0 Å². The van der Waals surface area contributed by atoms with Gasteiger partial charge >= 0.3 is 0 Å². The van der Waals surface area contributed by atoms with Gasteiger partial charge in [0.05, 0.1) is 17.5 Å². The molecule has 0 fully saturated rings. The van der Waals surface area contributed by atoms with E-state index in [1.54, 1.807) is 17.1 Å². The SMILES string of the molecule is CCc1cccc(NC(=O)c2cnn(-c3ccccn3)c2C(C)C)c1. The molecule has 1 aromatic carbocycles. The Labute approximate surface area is 147 Å². The lowest BCUT2D eigenvalue weighted by Crippen LogP contribution is -2.15. The van der Waals surface area contributed by atoms with Gasteiger partial charge in [0.15, 0.2) is 5.82 Å². The molecule has 0 atom stereocenters. The molecule has 0 saturated carbocycles. The average molecular weight is 334 g/mol. The van der Waals surface area contributed by atoms with Gasteiger partial charge in [-0.2, -0.15) is 5.10 Å². The zero-order chi connectivity index (χ0) is 17.8. The van der Waals surface area contributed by atoms with E-state index in [1.807, 2.05) is 56.3 Å². The van der Waals surface area contributed by atoms with Crippen LogP contribution in [0.4, 0.5) is 5.69 Å². The van der Waals surface area contributed by atoms with Crippen LogP contribution in [0.15, 0.2) is 54.9 Å². The van der Waals surface area contributed by atoms with Gasteiger partial charge in [-0.3, -0.25) is 4.79 Å². The van der Waals surface area contributed by atoms with Crippen LogP contribution in [0.3, 0.4) is 0 Å². The number of aromatic nitrogens is 3. The van der Waals surface area contributed by atoms with Crippen LogP contribution in [0, 0.1) is 0 Å². The van der Waals surface area contributed by atoms with Crippen molar-refractivity contribution < 1.29 is 4.79 Å². The lowest BCUT2D eigenvalue weighted by molar-refractivity contribution is 0.102. The van der Waals surface area contributed by atoms with Crippen molar-refractivity contribution in [3.63, 3.8) is 0 Å². The molecule has 2 heterocycles. The Bertz CT molecular complexity index is 868. The summed E-state index contributed by atoms with van der Waals surface area (Å²) in [5.74, 6) is 0.685. The molecule has 0 bridgehead atoms. The third-order valence-electron chi connectivity index (χ3n) is 4.06. The van der Waals surface area contributed by atoms with E-state index in [4.69, 9.17) is 0 Å². The summed E-state index contributed by atoms with van der Waals surface area (Å²) in [6, 6.07) is 13.5. The van der Waals surface area contributed by atoms with Crippen LogP contribution in [0.5, 0.6) is 0 Å². The molecular formula is C20H22N4O. The monoisotopic (exact) mass is 334 g/mol. The van der Waals surface area contributed by atoms with E-state index in [2.05, 4.69) is 22.3 Å². The Morgan fingerprint density at radius 1 is 1.20 bits per heavy atom. The molecule has 25 heavy (non-hydrogen) atoms. The Morgan fingerprint density at radius 3 is 2.72 bits per heavy atom. The van der Waals surface area contributed by atoms with Crippen molar-refractivity contribution >= 4 is 11.6 Å². The maximum atomic E-state index is 12.8. The number of benzene rings is 1. The van der Waals surface area contributed by atoms with E-state index in [1.165, 1.54) is 5.56 Å². The summed E-state index contributed by atoms with van der Waals surface area (Å²) in [6.45, 7) is 6.19. The molecule has 1 N–H and O–H groups in total. The first-order valence-electron chi connectivity index (χ1n) is 8.49. The molecule has 0 radical (unpaired) electrons. The zero-order valence-electron chi connectivity index (χ0n) is 14.7. The summed E-state index contributed by atoms with van der Waals surface area (Å²) in [4.78, 5) is 17.1. The van der Waals surface area contributed by atoms with E-state index in [0.29, 0.717) is 11.4 Å². The van der Waals surface area contributed by atoms with Crippen molar-refractivity contribution in [3.05, 3.63) is 71.7 Å². The number of anilines is 1. The first-order chi connectivity index (χ1) is 12.1. The molecule has 0 saturated heterocycles. The number of rotatable bonds is 5. The fourth-order valence-electron chi connectivity index (χ4n) is 2.82. The molecule has 128 valence electrons. The van der Waals surface area contributed by atoms with Gasteiger partial charge in [0, 0.05) is 11.9 Å². The van der Waals surface area contributed by atoms with Gasteiger partial charge in [0.25, 0.3) is 5.91 Å². The number of aryl methyl sites for hydroxylation is 1. The van der Waals surface area contributed by atoms with Crippen molar-refractivity contribution in [3.8, 4) is 5.82 Å². The van der Waals surface area contributed by atoms with Gasteiger partial charge in [-0.15, -0.1) is 0 Å². The topological polar surface area (TPSA) is 59.8 Å². The molecule has 3 rings (SSSR count). The third-order valence-corrected chi connectivity index (χ3v) is 4.06. The molecule has 0 aliphatic rings. The number of amides is 1. The molecule has 0 unspecified atom stereocenters. The highest BCUT2D eigenvalue weighted by atomic mass is 16.1. The summed E-state index contributed by atoms with van der Waals surface area (Å²) < 4.78 is 1.74. The second kappa shape index (κ2) is 7.30. The van der Waals surface area contributed by atoms with Gasteiger partial charge in [0.1, 0.15) is 0 Å². The summed E-state index contributed by atoms with van der Waals surface area (Å²) >= 11 is 0. The fraction of sp³-hybridized carbons (Fsp3) is 0.250. The minimum absolute atomic E-state index is 0.132. The van der Waals surface area contributed by atoms with Crippen molar-refractivity contribution in [2.75, 3.05) is 5.32 Å². The van der Waals surface area contributed by atoms with Crippen LogP contribution in [0.25, 0.3) is 5.82 Å². The zero-order valence-corrected chi connectivity index (χ0v) is 14.7. The molecule has 0 aliphatic heterocycles. The highest BCUT2D eigenvalue weighted by molar-refractivity contribution is 6.05. The Balaban J connectivity index is 1.94. The van der Waals surface area contributed by atoms with Crippen LogP contribution >= 0.6 is 0 Å². The first kappa shape index (κ1) is 16.9. The molecule has 5 nitrogen and oxygen atoms in total. The minimum Gasteiger partial charge on any atom is -0.322 e. The highest BCUT2D eigenvalue weighted by Crippen LogP contribution is 2.23. The first-order valence-corrected chi connectivity index (χ1v) is 8.49. The number of nitrogens with one attached hydrogen (secondary N) is 1. The van der Waals surface area contributed by atoms with Crippen LogP contribution in [0.1, 0.15) is 48.3 Å². The van der Waals surface area contributed by atoms with Crippen LogP contribution in [-0.4, -0.2) is 20.7 Å². The predicted molar refractivity (Wildman–Crippen MR) is 99.2 cm³/mol. The summed E-state index contributed by atoms with van der Waals surface area (Å²) in [5.41, 5.74) is 3.40. The quantitative estimate of drug-likeness (QED) is 0.760. The number of nitrogens with zero attached hydrogens (tertiary/aromatic N) is 3. The molecular weight excluding hydrogens is 312 g/mol. The Hall–Kier alpha value is -2.95. The van der Waals surface area contributed by atoms with Gasteiger partial charge < -0.3 is 5.32 Å². The van der Waals surface area contributed by atoms with Crippen molar-refractivity contribution in [1.29, 1.82) is 0 Å². The number of hydrogen-bond acceptors (Lipinski definition) is 3. The second-order valence-electron chi connectivity index (χ2n) is 6.21. The van der Waals surface area contributed by atoms with Crippen molar-refractivity contribution in [1.82, 2.24) is 14.8 Å². The molecule has 5 heteroatoms. The highest BCUT2D eigenvalue weighted by Gasteiger charge is 2.21. The largest absolute Gasteiger partial charge is 0.322 e. The summed E-state index contributed by atoms with van der Waals surface area (Å²) in [6.07, 6.45) is 4.26. The van der Waals surface area contributed by atoms with Crippen molar-refractivity contribution in [2.24, 2.45) is 0 Å². The molecule has 2 aromatic heterocycles. The Morgan fingerprint density at radius 2 is 2.04 bits per heavy atom. The number of hydrogen-bond donors (Lipinski definition) is 1. The third kappa shape index (κ3) is 3.60. The van der Waals surface area contributed by atoms with Gasteiger partial charge in [-0.1, -0.05) is 39.0 Å². The van der Waals surface area contributed by atoms with E-state index >= 15 is 0 Å². The van der Waals surface area contributed by atoms with Crippen molar-refractivity contribution in [2.45, 2.75) is 33.1 Å². The molecule has 0 aliphatic carbocycles. The van der Waals surface area contributed by atoms with Gasteiger partial charge in [-0.05, 0) is 42.2 Å². The number of carbonyl (C=O) groups excluding carboxylic acids is 1. The number of carbonyl (C=O) groups is 1. The number of pyridine rings is 1. The maximum Gasteiger partial charge on any atom is 0.259 e. The average Bonchev–Trinajstić information content (AvgIpc) is 3.08. The van der Waals surface area contributed by atoms with E-state index in [0.717, 1.165) is 17.8 Å². The maximum absolute atomic E-state index is 12.8. The standard InChI is InChI=1S/C20H22N4O/c1-4-15-8-7-9-16(12-15)23-20(25)17-13-22-24(19(17)14(2)3)18-10-5-6-11-21-18/h5-14H,4H2,1-3H3,(H,23,25). The molecule has 3 aromatic rings. The van der Waals surface area contributed by atoms with Crippen LogP contribution < -0.4 is 5.32 Å². The van der Waals surface area contributed by atoms with Crippen LogP contribution in [-0.2, 0) is 6.42 Å². The van der Waals surface area contributed by atoms with E-state index in [9.17, 15) is 4.79 Å². The van der Waals surface area contributed by atoms with Gasteiger partial charge in [-0.25, -0.2) is 9.67 Å². The second-order valence-corrected chi connectivity index (χ2v) is 6.21. The molecule has 0 spiro atoms. The lowest BCUT2D eigenvalue weighted by atomic mass is 10.0. The smallest absolute Gasteiger partial charge is 0.259 e. The summed E-state index contributed by atoms with van der Waals surface area (Å²) in [7, 11) is 0. The fourth-order valence-corrected chi connectivity index (χ4v) is 2.82. The Kier molecular flexibility index (Phi) is 4.93. The van der Waals surface area contributed by atoms with E-state index in [-0.39, 0.29) is 11.8 Å². The normalized spacial score (nSPS) is 10.9. The lowest BCUT2D eigenvalue weighted by Gasteiger charge is -2.12. The minimum atomic E-state index is -0.154. The summed E-state index contributed by atoms with van der Waals surface area (Å²) in [5, 5.41) is 7.38. The predicted octanol–water partition coefficient (Wildman–Crippen LogP) is 4.21. The van der Waals surface area contributed by atoms with E-state index < -0.39 is 0 Å². The molecule has 1 amide bonds.